The van der Waals surface area contributed by atoms with Gasteiger partial charge in [-0.2, -0.15) is 0 Å². The van der Waals surface area contributed by atoms with Gasteiger partial charge < -0.3 is 5.73 Å². The molecule has 0 radical (unpaired) electrons. The second-order valence-electron chi connectivity index (χ2n) is 4.40. The van der Waals surface area contributed by atoms with E-state index in [0.717, 1.165) is 15.6 Å². The largest absolute Gasteiger partial charge is 0.324 e. The van der Waals surface area contributed by atoms with Crippen LogP contribution in [-0.4, -0.2) is 0 Å². The van der Waals surface area contributed by atoms with Crippen LogP contribution >= 0.6 is 15.9 Å². The second kappa shape index (κ2) is 5.63. The molecule has 0 bridgehead atoms. The smallest absolute Gasteiger partial charge is 0.124 e. The number of hydrogen-bond acceptors (Lipinski definition) is 1. The van der Waals surface area contributed by atoms with Crippen LogP contribution in [0.15, 0.2) is 46.9 Å². The third-order valence-electron chi connectivity index (χ3n) is 3.04. The van der Waals surface area contributed by atoms with Crippen molar-refractivity contribution in [2.45, 2.75) is 19.4 Å². The Labute approximate surface area is 115 Å². The summed E-state index contributed by atoms with van der Waals surface area (Å²) < 4.78 is 13.8. The van der Waals surface area contributed by atoms with E-state index in [4.69, 9.17) is 5.73 Å². The van der Waals surface area contributed by atoms with E-state index in [1.165, 1.54) is 17.7 Å². The molecule has 0 aliphatic heterocycles. The van der Waals surface area contributed by atoms with Crippen LogP contribution in [0.25, 0.3) is 0 Å². The molecule has 18 heavy (non-hydrogen) atoms. The molecule has 1 unspecified atom stereocenters. The first-order chi connectivity index (χ1) is 8.58. The lowest BCUT2D eigenvalue weighted by molar-refractivity contribution is 0.624. The third-order valence-corrected chi connectivity index (χ3v) is 3.78. The molecule has 1 atom stereocenters. The number of aryl methyl sites for hydroxylation is 1. The summed E-state index contributed by atoms with van der Waals surface area (Å²) in [6, 6.07) is 12.7. The molecule has 94 valence electrons. The second-order valence-corrected chi connectivity index (χ2v) is 5.26. The van der Waals surface area contributed by atoms with Crippen LogP contribution in [0.4, 0.5) is 4.39 Å². The molecule has 0 saturated heterocycles. The molecule has 2 aromatic rings. The number of benzene rings is 2. The molecule has 0 saturated carbocycles. The van der Waals surface area contributed by atoms with Crippen LogP contribution in [0.2, 0.25) is 0 Å². The average molecular weight is 308 g/mol. The zero-order chi connectivity index (χ0) is 13.1. The van der Waals surface area contributed by atoms with Crippen molar-refractivity contribution < 1.29 is 4.39 Å². The molecular weight excluding hydrogens is 293 g/mol. The van der Waals surface area contributed by atoms with Crippen molar-refractivity contribution in [1.82, 2.24) is 0 Å². The Morgan fingerprint density at radius 1 is 1.22 bits per heavy atom. The zero-order valence-corrected chi connectivity index (χ0v) is 11.7. The maximum atomic E-state index is 13.0. The average Bonchev–Trinajstić information content (AvgIpc) is 2.33. The van der Waals surface area contributed by atoms with E-state index in [1.54, 1.807) is 6.07 Å². The maximum absolute atomic E-state index is 13.0. The van der Waals surface area contributed by atoms with Gasteiger partial charge in [0, 0.05) is 10.5 Å². The zero-order valence-electron chi connectivity index (χ0n) is 10.2. The fourth-order valence-electron chi connectivity index (χ4n) is 2.04. The number of rotatable bonds is 3. The predicted molar refractivity (Wildman–Crippen MR) is 75.9 cm³/mol. The van der Waals surface area contributed by atoms with Crippen molar-refractivity contribution in [3.8, 4) is 0 Å². The van der Waals surface area contributed by atoms with Gasteiger partial charge in [0.2, 0.25) is 0 Å². The quantitative estimate of drug-likeness (QED) is 0.906. The monoisotopic (exact) mass is 307 g/mol. The molecule has 3 heteroatoms. The molecule has 2 rings (SSSR count). The van der Waals surface area contributed by atoms with Crippen LogP contribution in [0, 0.1) is 12.7 Å². The molecule has 0 heterocycles. The molecule has 0 spiro atoms. The van der Waals surface area contributed by atoms with Crippen LogP contribution in [-0.2, 0) is 6.42 Å². The molecule has 0 aliphatic rings. The van der Waals surface area contributed by atoms with E-state index >= 15 is 0 Å². The van der Waals surface area contributed by atoms with Crippen LogP contribution in [0.1, 0.15) is 22.7 Å². The Balaban J connectivity index is 2.21. The summed E-state index contributed by atoms with van der Waals surface area (Å²) in [5.41, 5.74) is 9.56. The lowest BCUT2D eigenvalue weighted by Gasteiger charge is -2.15. The highest BCUT2D eigenvalue weighted by atomic mass is 79.9. The van der Waals surface area contributed by atoms with Gasteiger partial charge in [0.15, 0.2) is 0 Å². The van der Waals surface area contributed by atoms with Gasteiger partial charge in [0.1, 0.15) is 5.82 Å². The SMILES string of the molecule is Cc1ccccc1C(N)Cc1ccc(F)cc1Br. The minimum Gasteiger partial charge on any atom is -0.324 e. The maximum Gasteiger partial charge on any atom is 0.124 e. The van der Waals surface area contributed by atoms with Crippen molar-refractivity contribution in [3.63, 3.8) is 0 Å². The molecule has 1 nitrogen and oxygen atoms in total. The molecule has 2 aromatic carbocycles. The van der Waals surface area contributed by atoms with E-state index in [0.29, 0.717) is 6.42 Å². The van der Waals surface area contributed by atoms with Gasteiger partial charge in [-0.25, -0.2) is 4.39 Å². The predicted octanol–water partition coefficient (Wildman–Crippen LogP) is 4.14. The first-order valence-corrected chi connectivity index (χ1v) is 6.62. The molecular formula is C15H15BrFN. The fraction of sp³-hybridized carbons (Fsp3) is 0.200. The highest BCUT2D eigenvalue weighted by molar-refractivity contribution is 9.10. The number of halogens is 2. The highest BCUT2D eigenvalue weighted by Crippen LogP contribution is 2.24. The van der Waals surface area contributed by atoms with Gasteiger partial charge in [-0.15, -0.1) is 0 Å². The third kappa shape index (κ3) is 2.98. The standard InChI is InChI=1S/C15H15BrFN/c1-10-4-2-3-5-13(10)15(18)8-11-6-7-12(17)9-14(11)16/h2-7,9,15H,8,18H2,1H3. The van der Waals surface area contributed by atoms with Crippen molar-refractivity contribution >= 4 is 15.9 Å². The molecule has 0 aliphatic carbocycles. The van der Waals surface area contributed by atoms with Gasteiger partial charge >= 0.3 is 0 Å². The van der Waals surface area contributed by atoms with Gasteiger partial charge in [0.25, 0.3) is 0 Å². The molecule has 0 fully saturated rings. The summed E-state index contributed by atoms with van der Waals surface area (Å²) in [5.74, 6) is -0.241. The number of nitrogens with two attached hydrogens (primary N) is 1. The van der Waals surface area contributed by atoms with Gasteiger partial charge in [0.05, 0.1) is 0 Å². The van der Waals surface area contributed by atoms with Crippen LogP contribution < -0.4 is 5.73 Å². The topological polar surface area (TPSA) is 26.0 Å². The van der Waals surface area contributed by atoms with E-state index in [9.17, 15) is 4.39 Å². The summed E-state index contributed by atoms with van der Waals surface area (Å²) in [6.07, 6.45) is 0.686. The first-order valence-electron chi connectivity index (χ1n) is 5.83. The number of hydrogen-bond donors (Lipinski definition) is 1. The van der Waals surface area contributed by atoms with E-state index in [-0.39, 0.29) is 11.9 Å². The Morgan fingerprint density at radius 2 is 1.94 bits per heavy atom. The Kier molecular flexibility index (Phi) is 4.15. The van der Waals surface area contributed by atoms with Crippen molar-refractivity contribution in [2.75, 3.05) is 0 Å². The summed E-state index contributed by atoms with van der Waals surface area (Å²) in [4.78, 5) is 0. The summed E-state index contributed by atoms with van der Waals surface area (Å²) >= 11 is 3.37. The van der Waals surface area contributed by atoms with Crippen molar-refractivity contribution in [1.29, 1.82) is 0 Å². The van der Waals surface area contributed by atoms with Crippen molar-refractivity contribution in [2.24, 2.45) is 5.73 Å². The molecule has 2 N–H and O–H groups in total. The van der Waals surface area contributed by atoms with Gasteiger partial charge in [-0.1, -0.05) is 46.3 Å². The van der Waals surface area contributed by atoms with Crippen LogP contribution in [0.5, 0.6) is 0 Å². The fourth-order valence-corrected chi connectivity index (χ4v) is 2.55. The van der Waals surface area contributed by atoms with E-state index < -0.39 is 0 Å². The minimum atomic E-state index is -0.241. The lowest BCUT2D eigenvalue weighted by atomic mass is 9.96. The summed E-state index contributed by atoms with van der Waals surface area (Å²) in [5, 5.41) is 0. The molecule has 0 amide bonds. The normalized spacial score (nSPS) is 12.4. The van der Waals surface area contributed by atoms with E-state index in [2.05, 4.69) is 28.9 Å². The van der Waals surface area contributed by atoms with Gasteiger partial charge in [-0.3, -0.25) is 0 Å². The Morgan fingerprint density at radius 3 is 2.61 bits per heavy atom. The minimum absolute atomic E-state index is 0.0760. The van der Waals surface area contributed by atoms with Crippen molar-refractivity contribution in [3.05, 3.63) is 69.4 Å². The van der Waals surface area contributed by atoms with E-state index in [1.807, 2.05) is 18.2 Å². The van der Waals surface area contributed by atoms with Crippen LogP contribution in [0.3, 0.4) is 0 Å². The lowest BCUT2D eigenvalue weighted by Crippen LogP contribution is -2.14. The Hall–Kier alpha value is -1.19. The first kappa shape index (κ1) is 13.2. The van der Waals surface area contributed by atoms with Gasteiger partial charge in [-0.05, 0) is 42.2 Å². The summed E-state index contributed by atoms with van der Waals surface area (Å²) in [6.45, 7) is 2.05. The summed E-state index contributed by atoms with van der Waals surface area (Å²) in [7, 11) is 0. The Bertz CT molecular complexity index is 554. The highest BCUT2D eigenvalue weighted by Gasteiger charge is 2.11. The molecule has 0 aromatic heterocycles.